The summed E-state index contributed by atoms with van der Waals surface area (Å²) >= 11 is 1.90. The van der Waals surface area contributed by atoms with Crippen LogP contribution in [0.15, 0.2) is 0 Å². The SMILES string of the molecule is CNC(C)(I)C(=O)C(C)=O. The van der Waals surface area contributed by atoms with E-state index in [4.69, 9.17) is 0 Å². The third-order valence-corrected chi connectivity index (χ3v) is 2.24. The fourth-order valence-corrected chi connectivity index (χ4v) is 0.824. The number of carbonyl (C=O) groups is 2. The second kappa shape index (κ2) is 3.43. The summed E-state index contributed by atoms with van der Waals surface area (Å²) in [6, 6.07) is 0. The van der Waals surface area contributed by atoms with E-state index in [-0.39, 0.29) is 0 Å². The zero-order valence-corrected chi connectivity index (χ0v) is 8.35. The van der Waals surface area contributed by atoms with Gasteiger partial charge in [0.2, 0.25) is 5.78 Å². The topological polar surface area (TPSA) is 46.2 Å². The van der Waals surface area contributed by atoms with E-state index >= 15 is 0 Å². The molecule has 0 saturated carbocycles. The molecule has 58 valence electrons. The van der Waals surface area contributed by atoms with Crippen molar-refractivity contribution in [2.45, 2.75) is 17.4 Å². The molecule has 0 heterocycles. The van der Waals surface area contributed by atoms with Crippen molar-refractivity contribution in [3.63, 3.8) is 0 Å². The van der Waals surface area contributed by atoms with Crippen molar-refractivity contribution in [1.29, 1.82) is 0 Å². The molecule has 1 atom stereocenters. The molecule has 0 saturated heterocycles. The Bertz CT molecular complexity index is 165. The van der Waals surface area contributed by atoms with Crippen molar-refractivity contribution in [3.05, 3.63) is 0 Å². The van der Waals surface area contributed by atoms with E-state index in [1.165, 1.54) is 6.92 Å². The minimum atomic E-state index is -0.746. The normalized spacial score (nSPS) is 16.0. The molecule has 0 aromatic carbocycles. The van der Waals surface area contributed by atoms with Gasteiger partial charge in [-0.05, 0) is 14.0 Å². The number of halogens is 1. The molecule has 0 bridgehead atoms. The Morgan fingerprint density at radius 3 is 2.00 bits per heavy atom. The van der Waals surface area contributed by atoms with Crippen LogP contribution in [0.4, 0.5) is 0 Å². The van der Waals surface area contributed by atoms with Crippen molar-refractivity contribution >= 4 is 34.2 Å². The smallest absolute Gasteiger partial charge is 0.227 e. The number of hydrogen-bond acceptors (Lipinski definition) is 3. The zero-order chi connectivity index (χ0) is 8.36. The highest BCUT2D eigenvalue weighted by Crippen LogP contribution is 2.14. The van der Waals surface area contributed by atoms with Crippen molar-refractivity contribution in [1.82, 2.24) is 5.32 Å². The summed E-state index contributed by atoms with van der Waals surface area (Å²) in [5.41, 5.74) is 0. The lowest BCUT2D eigenvalue weighted by Gasteiger charge is -2.17. The summed E-state index contributed by atoms with van der Waals surface area (Å²) in [5.74, 6) is -0.804. The molecule has 0 fully saturated rings. The average molecular weight is 255 g/mol. The van der Waals surface area contributed by atoms with Gasteiger partial charge in [-0.25, -0.2) is 0 Å². The van der Waals surface area contributed by atoms with Crippen LogP contribution in [0.25, 0.3) is 0 Å². The minimum Gasteiger partial charge on any atom is -0.300 e. The number of ketones is 2. The molecule has 4 heteroatoms. The summed E-state index contributed by atoms with van der Waals surface area (Å²) in [4.78, 5) is 21.5. The molecule has 0 aliphatic carbocycles. The van der Waals surface area contributed by atoms with Gasteiger partial charge in [-0.3, -0.25) is 14.9 Å². The molecule has 0 aliphatic heterocycles. The Morgan fingerprint density at radius 1 is 1.50 bits per heavy atom. The number of nitrogens with one attached hydrogen (secondary N) is 1. The molecule has 10 heavy (non-hydrogen) atoms. The molecule has 1 N–H and O–H groups in total. The maximum atomic E-state index is 11.0. The molecule has 0 rings (SSSR count). The first kappa shape index (κ1) is 10.0. The van der Waals surface area contributed by atoms with Gasteiger partial charge in [0.15, 0.2) is 5.78 Å². The van der Waals surface area contributed by atoms with Crippen LogP contribution in [0.2, 0.25) is 0 Å². The molecular weight excluding hydrogens is 245 g/mol. The molecule has 0 aliphatic rings. The molecule has 0 radical (unpaired) electrons. The van der Waals surface area contributed by atoms with Gasteiger partial charge in [0.1, 0.15) is 3.55 Å². The largest absolute Gasteiger partial charge is 0.300 e. The number of likely N-dealkylation sites (N-methyl/N-ethyl adjacent to an activating group) is 1. The molecule has 0 spiro atoms. The van der Waals surface area contributed by atoms with Crippen molar-refractivity contribution in [2.24, 2.45) is 0 Å². The Kier molecular flexibility index (Phi) is 3.44. The second-order valence-electron chi connectivity index (χ2n) is 2.14. The van der Waals surface area contributed by atoms with Crippen LogP contribution < -0.4 is 5.32 Å². The summed E-state index contributed by atoms with van der Waals surface area (Å²) in [6.07, 6.45) is 0. The Labute approximate surface area is 73.7 Å². The maximum Gasteiger partial charge on any atom is 0.227 e. The molecule has 0 amide bonds. The van der Waals surface area contributed by atoms with Crippen LogP contribution in [-0.2, 0) is 9.59 Å². The van der Waals surface area contributed by atoms with Gasteiger partial charge in [0.25, 0.3) is 0 Å². The van der Waals surface area contributed by atoms with E-state index in [9.17, 15) is 9.59 Å². The lowest BCUT2D eigenvalue weighted by Crippen LogP contribution is -2.44. The highest BCUT2D eigenvalue weighted by Gasteiger charge is 2.30. The molecule has 1 unspecified atom stereocenters. The Hall–Kier alpha value is 0.0300. The quantitative estimate of drug-likeness (QED) is 0.346. The molecule has 0 aromatic heterocycles. The van der Waals surface area contributed by atoms with Crippen LogP contribution in [0, 0.1) is 0 Å². The van der Waals surface area contributed by atoms with Crippen LogP contribution in [0.3, 0.4) is 0 Å². The first-order valence-electron chi connectivity index (χ1n) is 2.85. The molecule has 3 nitrogen and oxygen atoms in total. The van der Waals surface area contributed by atoms with Crippen LogP contribution in [0.5, 0.6) is 0 Å². The fourth-order valence-electron chi connectivity index (χ4n) is 0.444. The first-order valence-corrected chi connectivity index (χ1v) is 3.93. The summed E-state index contributed by atoms with van der Waals surface area (Å²) in [5, 5.41) is 2.74. The van der Waals surface area contributed by atoms with Crippen molar-refractivity contribution < 1.29 is 9.59 Å². The van der Waals surface area contributed by atoms with Gasteiger partial charge >= 0.3 is 0 Å². The average Bonchev–Trinajstić information content (AvgIpc) is 1.86. The molecule has 0 aromatic rings. The Balaban J connectivity index is 4.33. The highest BCUT2D eigenvalue weighted by molar-refractivity contribution is 14.1. The van der Waals surface area contributed by atoms with E-state index in [0.717, 1.165) is 0 Å². The summed E-state index contributed by atoms with van der Waals surface area (Å²) in [6.45, 7) is 2.94. The minimum absolute atomic E-state index is 0.393. The van der Waals surface area contributed by atoms with Gasteiger partial charge in [-0.15, -0.1) is 0 Å². The predicted octanol–water partition coefficient (Wildman–Crippen LogP) is 0.515. The van der Waals surface area contributed by atoms with Gasteiger partial charge in [-0.2, -0.15) is 0 Å². The lowest BCUT2D eigenvalue weighted by atomic mass is 10.1. The fraction of sp³-hybridized carbons (Fsp3) is 0.667. The van der Waals surface area contributed by atoms with Crippen molar-refractivity contribution in [3.8, 4) is 0 Å². The zero-order valence-electron chi connectivity index (χ0n) is 6.19. The van der Waals surface area contributed by atoms with E-state index in [1.807, 2.05) is 22.6 Å². The maximum absolute atomic E-state index is 11.0. The van der Waals surface area contributed by atoms with Gasteiger partial charge in [-0.1, -0.05) is 22.6 Å². The lowest BCUT2D eigenvalue weighted by molar-refractivity contribution is -0.136. The van der Waals surface area contributed by atoms with Crippen LogP contribution >= 0.6 is 22.6 Å². The van der Waals surface area contributed by atoms with E-state index in [2.05, 4.69) is 5.32 Å². The number of carbonyl (C=O) groups excluding carboxylic acids is 2. The standard InChI is InChI=1S/C6H10INO2/c1-4(9)5(10)6(2,7)8-3/h8H,1-3H3. The number of Topliss-reactive ketones (excluding diaryl/α,β-unsaturated/α-hetero) is 2. The first-order chi connectivity index (χ1) is 4.41. The summed E-state index contributed by atoms with van der Waals surface area (Å²) in [7, 11) is 1.65. The monoisotopic (exact) mass is 255 g/mol. The Morgan fingerprint density at radius 2 is 1.90 bits per heavy atom. The molecular formula is C6H10INO2. The number of rotatable bonds is 3. The third kappa shape index (κ3) is 2.34. The van der Waals surface area contributed by atoms with E-state index in [1.54, 1.807) is 14.0 Å². The summed E-state index contributed by atoms with van der Waals surface area (Å²) < 4.78 is -0.746. The predicted molar refractivity (Wildman–Crippen MR) is 47.2 cm³/mol. The van der Waals surface area contributed by atoms with Crippen LogP contribution in [-0.4, -0.2) is 22.2 Å². The van der Waals surface area contributed by atoms with Gasteiger partial charge < -0.3 is 0 Å². The van der Waals surface area contributed by atoms with Gasteiger partial charge in [0, 0.05) is 6.92 Å². The second-order valence-corrected chi connectivity index (χ2v) is 4.30. The third-order valence-electron chi connectivity index (χ3n) is 1.22. The highest BCUT2D eigenvalue weighted by atomic mass is 127. The van der Waals surface area contributed by atoms with E-state index in [0.29, 0.717) is 0 Å². The number of hydrogen-bond donors (Lipinski definition) is 1. The number of alkyl halides is 1. The van der Waals surface area contributed by atoms with E-state index < -0.39 is 15.1 Å². The van der Waals surface area contributed by atoms with Crippen molar-refractivity contribution in [2.75, 3.05) is 7.05 Å². The van der Waals surface area contributed by atoms with Gasteiger partial charge in [0.05, 0.1) is 0 Å². The van der Waals surface area contributed by atoms with Crippen LogP contribution in [0.1, 0.15) is 13.8 Å².